The normalized spacial score (nSPS) is 32.0. The molecule has 0 aromatic rings. The average molecular weight is 344 g/mol. The highest BCUT2D eigenvalue weighted by molar-refractivity contribution is 9.09. The summed E-state index contributed by atoms with van der Waals surface area (Å²) in [5, 5.41) is 4.27. The first-order chi connectivity index (χ1) is 9.63. The van der Waals surface area contributed by atoms with Crippen LogP contribution in [-0.2, 0) is 4.79 Å². The van der Waals surface area contributed by atoms with Crippen LogP contribution >= 0.6 is 15.9 Å². The minimum absolute atomic E-state index is 0.0291. The van der Waals surface area contributed by atoms with Crippen LogP contribution in [0.4, 0.5) is 0 Å². The van der Waals surface area contributed by atoms with Crippen LogP contribution in [0, 0.1) is 11.8 Å². The lowest BCUT2D eigenvalue weighted by Crippen LogP contribution is -2.52. The minimum Gasteiger partial charge on any atom is -0.350 e. The molecule has 2 atom stereocenters. The number of hydrogen-bond donors (Lipinski definition) is 1. The van der Waals surface area contributed by atoms with E-state index in [-0.39, 0.29) is 11.4 Å². The number of carbonyl (C=O) groups is 1. The smallest absolute Gasteiger partial charge is 0.220 e. The second kappa shape index (κ2) is 7.82. The van der Waals surface area contributed by atoms with Gasteiger partial charge < -0.3 is 5.32 Å². The summed E-state index contributed by atoms with van der Waals surface area (Å²) in [6, 6.07) is 0. The zero-order chi connectivity index (χ0) is 14.4. The fourth-order valence-corrected chi connectivity index (χ4v) is 4.75. The molecule has 2 nitrogen and oxygen atoms in total. The molecule has 0 bridgehead atoms. The van der Waals surface area contributed by atoms with Crippen molar-refractivity contribution in [3.63, 3.8) is 0 Å². The van der Waals surface area contributed by atoms with E-state index < -0.39 is 0 Å². The topological polar surface area (TPSA) is 29.1 Å². The first-order valence-electron chi connectivity index (χ1n) is 8.50. The standard InChI is InChI=1S/C17H30BrNO/c1-14-6-5-11-17(12-14,13-18)19-16(20)10-9-15-7-3-2-4-8-15/h14-15H,2-13H2,1H3,(H,19,20). The third-order valence-corrected chi connectivity index (χ3v) is 6.33. The largest absolute Gasteiger partial charge is 0.350 e. The van der Waals surface area contributed by atoms with Gasteiger partial charge in [0.05, 0.1) is 0 Å². The van der Waals surface area contributed by atoms with Crippen molar-refractivity contribution >= 4 is 21.8 Å². The Bertz CT molecular complexity index is 314. The number of amides is 1. The van der Waals surface area contributed by atoms with Crippen LogP contribution in [0.25, 0.3) is 0 Å². The predicted octanol–water partition coefficient (Wildman–Crippen LogP) is 4.81. The molecule has 2 aliphatic rings. The van der Waals surface area contributed by atoms with E-state index in [1.165, 1.54) is 44.9 Å². The lowest BCUT2D eigenvalue weighted by Gasteiger charge is -2.39. The summed E-state index contributed by atoms with van der Waals surface area (Å²) in [6.07, 6.45) is 13.5. The van der Waals surface area contributed by atoms with Gasteiger partial charge in [0.25, 0.3) is 0 Å². The Morgan fingerprint density at radius 1 is 1.20 bits per heavy atom. The molecular weight excluding hydrogens is 314 g/mol. The summed E-state index contributed by atoms with van der Waals surface area (Å²) in [4.78, 5) is 12.3. The molecule has 1 N–H and O–H groups in total. The zero-order valence-corrected chi connectivity index (χ0v) is 14.5. The van der Waals surface area contributed by atoms with Gasteiger partial charge in [-0.05, 0) is 31.1 Å². The van der Waals surface area contributed by atoms with Gasteiger partial charge >= 0.3 is 0 Å². The average Bonchev–Trinajstić information content (AvgIpc) is 2.46. The molecular formula is C17H30BrNO. The second-order valence-corrected chi connectivity index (χ2v) is 7.77. The Morgan fingerprint density at radius 2 is 1.95 bits per heavy atom. The van der Waals surface area contributed by atoms with Gasteiger partial charge in [0.2, 0.25) is 5.91 Å². The predicted molar refractivity (Wildman–Crippen MR) is 88.1 cm³/mol. The first kappa shape index (κ1) is 16.3. The van der Waals surface area contributed by atoms with Gasteiger partial charge in [-0.2, -0.15) is 0 Å². The Labute approximate surface area is 132 Å². The number of nitrogens with one attached hydrogen (secondary N) is 1. The lowest BCUT2D eigenvalue weighted by molar-refractivity contribution is -0.123. The van der Waals surface area contributed by atoms with Crippen LogP contribution in [-0.4, -0.2) is 16.8 Å². The molecule has 0 aromatic carbocycles. The SMILES string of the molecule is CC1CCCC(CBr)(NC(=O)CCC2CCCCC2)C1. The highest BCUT2D eigenvalue weighted by Crippen LogP contribution is 2.34. The maximum Gasteiger partial charge on any atom is 0.220 e. The van der Waals surface area contributed by atoms with Crippen LogP contribution < -0.4 is 5.32 Å². The fourth-order valence-electron chi connectivity index (χ4n) is 4.10. The molecule has 2 unspecified atom stereocenters. The third-order valence-electron chi connectivity index (χ3n) is 5.26. The van der Waals surface area contributed by atoms with E-state index in [0.29, 0.717) is 0 Å². The zero-order valence-electron chi connectivity index (χ0n) is 12.9. The lowest BCUT2D eigenvalue weighted by atomic mass is 9.77. The molecule has 2 fully saturated rings. The summed E-state index contributed by atoms with van der Waals surface area (Å²) >= 11 is 3.64. The van der Waals surface area contributed by atoms with Crippen molar-refractivity contribution in [3.8, 4) is 0 Å². The number of carbonyl (C=O) groups excluding carboxylic acids is 1. The summed E-state index contributed by atoms with van der Waals surface area (Å²) in [5.41, 5.74) is 0.0291. The number of alkyl halides is 1. The van der Waals surface area contributed by atoms with Gasteiger partial charge in [-0.25, -0.2) is 0 Å². The van der Waals surface area contributed by atoms with E-state index >= 15 is 0 Å². The Morgan fingerprint density at radius 3 is 2.60 bits per heavy atom. The molecule has 0 aliphatic heterocycles. The van der Waals surface area contributed by atoms with Crippen LogP contribution in [0.5, 0.6) is 0 Å². The number of hydrogen-bond acceptors (Lipinski definition) is 1. The van der Waals surface area contributed by atoms with Gasteiger partial charge in [0.15, 0.2) is 0 Å². The van der Waals surface area contributed by atoms with E-state index in [0.717, 1.165) is 42.8 Å². The molecule has 2 saturated carbocycles. The van der Waals surface area contributed by atoms with E-state index in [2.05, 4.69) is 28.2 Å². The van der Waals surface area contributed by atoms with Gasteiger partial charge in [0, 0.05) is 17.3 Å². The highest BCUT2D eigenvalue weighted by atomic mass is 79.9. The summed E-state index contributed by atoms with van der Waals surface area (Å²) in [5.74, 6) is 1.82. The number of halogens is 1. The van der Waals surface area contributed by atoms with E-state index in [1.807, 2.05) is 0 Å². The maximum atomic E-state index is 12.3. The summed E-state index contributed by atoms with van der Waals surface area (Å²) in [7, 11) is 0. The molecule has 0 radical (unpaired) electrons. The van der Waals surface area contributed by atoms with Crippen molar-refractivity contribution in [2.45, 2.75) is 83.1 Å². The van der Waals surface area contributed by atoms with Gasteiger partial charge in [-0.3, -0.25) is 4.79 Å². The van der Waals surface area contributed by atoms with Gasteiger partial charge in [0.1, 0.15) is 0 Å². The Hall–Kier alpha value is -0.0500. The van der Waals surface area contributed by atoms with Gasteiger partial charge in [-0.1, -0.05) is 67.8 Å². The first-order valence-corrected chi connectivity index (χ1v) is 9.63. The van der Waals surface area contributed by atoms with Gasteiger partial charge in [-0.15, -0.1) is 0 Å². The van der Waals surface area contributed by atoms with Crippen molar-refractivity contribution in [2.75, 3.05) is 5.33 Å². The summed E-state index contributed by atoms with van der Waals surface area (Å²) < 4.78 is 0. The van der Waals surface area contributed by atoms with Crippen molar-refractivity contribution in [2.24, 2.45) is 11.8 Å². The molecule has 2 rings (SSSR count). The minimum atomic E-state index is 0.0291. The van der Waals surface area contributed by atoms with Crippen molar-refractivity contribution in [1.82, 2.24) is 5.32 Å². The highest BCUT2D eigenvalue weighted by Gasteiger charge is 2.35. The van der Waals surface area contributed by atoms with Crippen LogP contribution in [0.3, 0.4) is 0 Å². The third kappa shape index (κ3) is 4.75. The molecule has 1 amide bonds. The maximum absolute atomic E-state index is 12.3. The van der Waals surface area contributed by atoms with Crippen molar-refractivity contribution in [1.29, 1.82) is 0 Å². The quantitative estimate of drug-likeness (QED) is 0.713. The molecule has 0 spiro atoms. The molecule has 116 valence electrons. The Balaban J connectivity index is 1.76. The number of rotatable bonds is 5. The van der Waals surface area contributed by atoms with E-state index in [4.69, 9.17) is 0 Å². The molecule has 0 aromatic heterocycles. The van der Waals surface area contributed by atoms with Crippen LogP contribution in [0.1, 0.15) is 77.6 Å². The molecule has 3 heteroatoms. The van der Waals surface area contributed by atoms with E-state index in [9.17, 15) is 4.79 Å². The fraction of sp³-hybridized carbons (Fsp3) is 0.941. The van der Waals surface area contributed by atoms with Crippen molar-refractivity contribution in [3.05, 3.63) is 0 Å². The molecule has 0 saturated heterocycles. The Kier molecular flexibility index (Phi) is 6.38. The second-order valence-electron chi connectivity index (χ2n) is 7.21. The van der Waals surface area contributed by atoms with Crippen molar-refractivity contribution < 1.29 is 4.79 Å². The monoisotopic (exact) mass is 343 g/mol. The molecule has 20 heavy (non-hydrogen) atoms. The summed E-state index contributed by atoms with van der Waals surface area (Å²) in [6.45, 7) is 2.31. The van der Waals surface area contributed by atoms with Crippen LogP contribution in [0.15, 0.2) is 0 Å². The van der Waals surface area contributed by atoms with Crippen LogP contribution in [0.2, 0.25) is 0 Å². The molecule has 0 heterocycles. The molecule has 2 aliphatic carbocycles. The van der Waals surface area contributed by atoms with E-state index in [1.54, 1.807) is 0 Å².